The van der Waals surface area contributed by atoms with Gasteiger partial charge in [-0.05, 0) is 18.0 Å². The number of halogens is 3. The van der Waals surface area contributed by atoms with Gasteiger partial charge in [0.1, 0.15) is 0 Å². The normalized spacial score (nSPS) is 21.3. The van der Waals surface area contributed by atoms with Crippen LogP contribution in [0.15, 0.2) is 11.1 Å². The van der Waals surface area contributed by atoms with Crippen molar-refractivity contribution in [3.63, 3.8) is 0 Å². The molecular formula is C7H8ClF2NOS. The number of rotatable bonds is 2. The summed E-state index contributed by atoms with van der Waals surface area (Å²) in [6.07, 6.45) is 1.82. The van der Waals surface area contributed by atoms with Crippen LogP contribution in [0.5, 0.6) is 0 Å². The predicted molar refractivity (Wildman–Crippen MR) is 49.0 cm³/mol. The molecule has 2 nitrogen and oxygen atoms in total. The number of nitrogens with one attached hydrogen (secondary N) is 1. The van der Waals surface area contributed by atoms with E-state index >= 15 is 0 Å². The van der Waals surface area contributed by atoms with Crippen molar-refractivity contribution < 1.29 is 13.6 Å². The van der Waals surface area contributed by atoms with E-state index in [-0.39, 0.29) is 0 Å². The second kappa shape index (κ2) is 4.28. The van der Waals surface area contributed by atoms with Crippen molar-refractivity contribution in [2.45, 2.75) is 11.8 Å². The smallest absolute Gasteiger partial charge is 0.380 e. The van der Waals surface area contributed by atoms with E-state index in [4.69, 9.17) is 0 Å². The lowest BCUT2D eigenvalue weighted by Crippen LogP contribution is -2.24. The van der Waals surface area contributed by atoms with Crippen molar-refractivity contribution in [2.75, 3.05) is 12.3 Å². The Hall–Kier alpha value is -0.290. The van der Waals surface area contributed by atoms with E-state index in [2.05, 4.69) is 16.9 Å². The van der Waals surface area contributed by atoms with E-state index in [1.54, 1.807) is 0 Å². The van der Waals surface area contributed by atoms with Crippen LogP contribution in [0.2, 0.25) is 0 Å². The molecule has 0 bridgehead atoms. The highest BCUT2D eigenvalue weighted by atomic mass is 35.5. The van der Waals surface area contributed by atoms with Crippen molar-refractivity contribution in [2.24, 2.45) is 0 Å². The first-order valence-corrected chi connectivity index (χ1v) is 5.06. The highest BCUT2D eigenvalue weighted by Gasteiger charge is 2.34. The van der Waals surface area contributed by atoms with Crippen LogP contribution in [-0.2, 0) is 4.79 Å². The van der Waals surface area contributed by atoms with Crippen molar-refractivity contribution in [3.8, 4) is 0 Å². The number of carbonyl (C=O) groups excluding carboxylic acids is 1. The zero-order valence-corrected chi connectivity index (χ0v) is 8.22. The number of hydrogen-bond acceptors (Lipinski definition) is 3. The van der Waals surface area contributed by atoms with Gasteiger partial charge in [0.2, 0.25) is 5.78 Å². The number of alkyl halides is 3. The zero-order chi connectivity index (χ0) is 9.90. The van der Waals surface area contributed by atoms with Crippen LogP contribution in [0.25, 0.3) is 0 Å². The minimum Gasteiger partial charge on any atom is -0.380 e. The van der Waals surface area contributed by atoms with Crippen molar-refractivity contribution in [3.05, 3.63) is 11.1 Å². The standard InChI is InChI=1S/C7H8ClF2NOS/c8-7(9,10)5(12)4-6-11-2-1-3-13-6/h4,11H,1-3H2. The summed E-state index contributed by atoms with van der Waals surface area (Å²) >= 11 is 5.88. The van der Waals surface area contributed by atoms with Crippen LogP contribution in [0.3, 0.4) is 0 Å². The Balaban J connectivity index is 2.59. The van der Waals surface area contributed by atoms with Gasteiger partial charge in [0.25, 0.3) is 0 Å². The fraction of sp³-hybridized carbons (Fsp3) is 0.571. The molecule has 6 heteroatoms. The fourth-order valence-electron chi connectivity index (χ4n) is 0.811. The Labute approximate surface area is 83.7 Å². The maximum absolute atomic E-state index is 12.2. The molecule has 13 heavy (non-hydrogen) atoms. The zero-order valence-electron chi connectivity index (χ0n) is 6.65. The second-order valence-electron chi connectivity index (χ2n) is 2.50. The Kier molecular flexibility index (Phi) is 3.55. The van der Waals surface area contributed by atoms with Gasteiger partial charge >= 0.3 is 5.38 Å². The number of hydrogen-bond donors (Lipinski definition) is 1. The van der Waals surface area contributed by atoms with Crippen LogP contribution < -0.4 is 5.32 Å². The third-order valence-corrected chi connectivity index (χ3v) is 2.67. The maximum atomic E-state index is 12.2. The minimum atomic E-state index is -3.79. The van der Waals surface area contributed by atoms with Gasteiger partial charge in [-0.25, -0.2) is 0 Å². The van der Waals surface area contributed by atoms with Gasteiger partial charge in [-0.15, -0.1) is 11.8 Å². The summed E-state index contributed by atoms with van der Waals surface area (Å²) < 4.78 is 24.4. The lowest BCUT2D eigenvalue weighted by Gasteiger charge is -2.15. The van der Waals surface area contributed by atoms with E-state index in [0.29, 0.717) is 11.6 Å². The van der Waals surface area contributed by atoms with E-state index < -0.39 is 11.2 Å². The van der Waals surface area contributed by atoms with Gasteiger partial charge in [-0.3, -0.25) is 4.79 Å². The summed E-state index contributed by atoms with van der Waals surface area (Å²) in [5.74, 6) is -0.536. The highest BCUT2D eigenvalue weighted by Crippen LogP contribution is 2.24. The largest absolute Gasteiger partial charge is 0.384 e. The summed E-state index contributed by atoms with van der Waals surface area (Å²) in [4.78, 5) is 10.7. The molecule has 74 valence electrons. The third kappa shape index (κ3) is 3.52. The molecule has 0 radical (unpaired) electrons. The molecular weight excluding hydrogens is 220 g/mol. The quantitative estimate of drug-likeness (QED) is 0.578. The first-order chi connectivity index (χ1) is 6.00. The summed E-state index contributed by atoms with van der Waals surface area (Å²) in [7, 11) is 0. The number of thioether (sulfide) groups is 1. The van der Waals surface area contributed by atoms with Crippen LogP contribution in [-0.4, -0.2) is 23.5 Å². The molecule has 0 spiro atoms. The van der Waals surface area contributed by atoms with Crippen molar-refractivity contribution in [1.82, 2.24) is 5.32 Å². The van der Waals surface area contributed by atoms with Gasteiger partial charge in [0, 0.05) is 18.4 Å². The number of allylic oxidation sites excluding steroid dienone is 1. The van der Waals surface area contributed by atoms with Crippen molar-refractivity contribution in [1.29, 1.82) is 0 Å². The van der Waals surface area contributed by atoms with Crippen LogP contribution in [0, 0.1) is 0 Å². The Morgan fingerprint density at radius 2 is 2.38 bits per heavy atom. The lowest BCUT2D eigenvalue weighted by molar-refractivity contribution is -0.128. The molecule has 0 amide bonds. The summed E-state index contributed by atoms with van der Waals surface area (Å²) in [5.41, 5.74) is 0. The minimum absolute atomic E-state index is 0.469. The molecule has 1 rings (SSSR count). The molecule has 0 atom stereocenters. The van der Waals surface area contributed by atoms with Crippen LogP contribution in [0.4, 0.5) is 8.78 Å². The number of ketones is 1. The van der Waals surface area contributed by atoms with Crippen LogP contribution >= 0.6 is 23.4 Å². The SMILES string of the molecule is O=C(C=C1NCCCS1)C(F)(F)Cl. The molecule has 1 heterocycles. The molecule has 0 aromatic carbocycles. The van der Waals surface area contributed by atoms with E-state index in [9.17, 15) is 13.6 Å². The molecule has 0 unspecified atom stereocenters. The molecule has 0 aliphatic carbocycles. The highest BCUT2D eigenvalue weighted by molar-refractivity contribution is 8.03. The molecule has 1 fully saturated rings. The molecule has 1 aliphatic heterocycles. The second-order valence-corrected chi connectivity index (χ2v) is 4.11. The summed E-state index contributed by atoms with van der Waals surface area (Å²) in [6, 6.07) is 0. The first-order valence-electron chi connectivity index (χ1n) is 3.69. The topological polar surface area (TPSA) is 29.1 Å². The molecule has 0 aromatic rings. The Morgan fingerprint density at radius 3 is 2.85 bits per heavy atom. The lowest BCUT2D eigenvalue weighted by atomic mass is 10.4. The average Bonchev–Trinajstić information content (AvgIpc) is 2.04. The average molecular weight is 228 g/mol. The summed E-state index contributed by atoms with van der Waals surface area (Å²) in [5, 5.41) is -0.483. The monoisotopic (exact) mass is 227 g/mol. The van der Waals surface area contributed by atoms with Crippen LogP contribution in [0.1, 0.15) is 6.42 Å². The number of carbonyl (C=O) groups is 1. The third-order valence-electron chi connectivity index (χ3n) is 1.42. The van der Waals surface area contributed by atoms with Gasteiger partial charge in [0.05, 0.1) is 5.03 Å². The predicted octanol–water partition coefficient (Wildman–Crippen LogP) is 1.96. The first kappa shape index (κ1) is 10.8. The molecule has 1 N–H and O–H groups in total. The van der Waals surface area contributed by atoms with Gasteiger partial charge in [-0.2, -0.15) is 8.78 Å². The molecule has 1 saturated heterocycles. The van der Waals surface area contributed by atoms with Gasteiger partial charge < -0.3 is 5.32 Å². The fourth-order valence-corrected chi connectivity index (χ4v) is 1.77. The molecule has 1 aliphatic rings. The van der Waals surface area contributed by atoms with E-state index in [1.807, 2.05) is 0 Å². The Morgan fingerprint density at radius 1 is 1.69 bits per heavy atom. The maximum Gasteiger partial charge on any atom is 0.384 e. The van der Waals surface area contributed by atoms with Gasteiger partial charge in [-0.1, -0.05) is 0 Å². The van der Waals surface area contributed by atoms with E-state index in [1.165, 1.54) is 11.8 Å². The Bertz CT molecular complexity index is 231. The van der Waals surface area contributed by atoms with Gasteiger partial charge in [0.15, 0.2) is 0 Å². The molecule has 0 aromatic heterocycles. The summed E-state index contributed by atoms with van der Waals surface area (Å²) in [6.45, 7) is 0.708. The molecule has 0 saturated carbocycles. The van der Waals surface area contributed by atoms with E-state index in [0.717, 1.165) is 18.2 Å². The van der Waals surface area contributed by atoms with Crippen molar-refractivity contribution >= 4 is 29.1 Å².